The number of β-amino-alcohol motifs (C(OH)–C–C–N with tert-alkyl or cyclic N) is 1. The van der Waals surface area contributed by atoms with E-state index in [1.165, 1.54) is 16.3 Å². The number of fused-ring (bicyclic) bond motifs is 1. The van der Waals surface area contributed by atoms with Crippen LogP contribution in [-0.4, -0.2) is 41.0 Å². The van der Waals surface area contributed by atoms with Crippen LogP contribution in [0.4, 0.5) is 0 Å². The first kappa shape index (κ1) is 24.5. The second kappa shape index (κ2) is 11.1. The summed E-state index contributed by atoms with van der Waals surface area (Å²) in [6, 6.07) is 22.1. The van der Waals surface area contributed by atoms with Crippen LogP contribution in [0.25, 0.3) is 10.8 Å². The number of aliphatic carboxylic acids is 1. The van der Waals surface area contributed by atoms with E-state index in [1.54, 1.807) is 12.1 Å². The molecule has 0 aromatic heterocycles. The minimum absolute atomic E-state index is 0.154. The number of carboxylic acid groups (broad SMARTS) is 1. The van der Waals surface area contributed by atoms with Crippen molar-refractivity contribution in [3.63, 3.8) is 0 Å². The molecule has 0 bridgehead atoms. The summed E-state index contributed by atoms with van der Waals surface area (Å²) in [4.78, 5) is 10.7. The molecular formula is C28H31NO4. The van der Waals surface area contributed by atoms with Crippen LogP contribution in [0.1, 0.15) is 43.6 Å². The van der Waals surface area contributed by atoms with Crippen LogP contribution in [0.5, 0.6) is 0 Å². The van der Waals surface area contributed by atoms with Gasteiger partial charge in [0.25, 0.3) is 0 Å². The Morgan fingerprint density at radius 3 is 2.52 bits per heavy atom. The third-order valence-electron chi connectivity index (χ3n) is 5.52. The van der Waals surface area contributed by atoms with Crippen LogP contribution in [0, 0.1) is 11.8 Å². The van der Waals surface area contributed by atoms with Crippen molar-refractivity contribution in [1.29, 1.82) is 0 Å². The molecule has 0 spiro atoms. The van der Waals surface area contributed by atoms with Crippen molar-refractivity contribution >= 4 is 16.7 Å². The lowest BCUT2D eigenvalue weighted by atomic mass is 9.93. The van der Waals surface area contributed by atoms with E-state index in [9.17, 15) is 9.90 Å². The molecule has 3 aromatic carbocycles. The molecular weight excluding hydrogens is 414 g/mol. The van der Waals surface area contributed by atoms with Crippen LogP contribution in [0.2, 0.25) is 0 Å². The highest BCUT2D eigenvalue weighted by molar-refractivity contribution is 5.87. The lowest BCUT2D eigenvalue weighted by molar-refractivity contribution is -0.130. The minimum atomic E-state index is -1.17. The van der Waals surface area contributed by atoms with Crippen molar-refractivity contribution in [2.75, 3.05) is 13.2 Å². The monoisotopic (exact) mass is 445 g/mol. The molecule has 0 heterocycles. The normalized spacial score (nSPS) is 13.2. The SMILES string of the molecule is C[C@@H](OC[C@H](O)CNC(C)(C)Cc1ccc2ccccc2c1)c1ccccc1C#CC(=O)O. The van der Waals surface area contributed by atoms with Crippen molar-refractivity contribution in [3.05, 3.63) is 83.4 Å². The molecule has 3 aromatic rings. The number of aliphatic hydroxyl groups excluding tert-OH is 1. The van der Waals surface area contributed by atoms with Gasteiger partial charge >= 0.3 is 5.97 Å². The third kappa shape index (κ3) is 7.44. The number of rotatable bonds is 9. The highest BCUT2D eigenvalue weighted by Crippen LogP contribution is 2.22. The molecule has 0 saturated heterocycles. The van der Waals surface area contributed by atoms with E-state index in [2.05, 4.69) is 61.3 Å². The lowest BCUT2D eigenvalue weighted by Crippen LogP contribution is -2.46. The molecule has 0 fully saturated rings. The second-order valence-electron chi connectivity index (χ2n) is 8.89. The van der Waals surface area contributed by atoms with Gasteiger partial charge in [-0.05, 0) is 55.2 Å². The second-order valence-corrected chi connectivity index (χ2v) is 8.89. The maximum Gasteiger partial charge on any atom is 0.382 e. The van der Waals surface area contributed by atoms with Crippen LogP contribution in [0.15, 0.2) is 66.7 Å². The number of aliphatic hydroxyl groups is 1. The van der Waals surface area contributed by atoms with E-state index >= 15 is 0 Å². The van der Waals surface area contributed by atoms with Gasteiger partial charge in [-0.1, -0.05) is 66.6 Å². The number of hydrogen-bond donors (Lipinski definition) is 3. The van der Waals surface area contributed by atoms with Gasteiger partial charge < -0.3 is 20.3 Å². The van der Waals surface area contributed by atoms with Crippen LogP contribution >= 0.6 is 0 Å². The molecule has 0 aliphatic rings. The Hall–Kier alpha value is -3.17. The van der Waals surface area contributed by atoms with E-state index < -0.39 is 12.1 Å². The van der Waals surface area contributed by atoms with Gasteiger partial charge in [-0.15, -0.1) is 0 Å². The maximum absolute atomic E-state index is 10.7. The summed E-state index contributed by atoms with van der Waals surface area (Å²) in [5.74, 6) is 3.62. The average Bonchev–Trinajstić information content (AvgIpc) is 2.79. The Balaban J connectivity index is 1.52. The molecule has 0 saturated carbocycles. The van der Waals surface area contributed by atoms with Crippen LogP contribution in [0.3, 0.4) is 0 Å². The van der Waals surface area contributed by atoms with Gasteiger partial charge in [-0.25, -0.2) is 4.79 Å². The maximum atomic E-state index is 10.7. The topological polar surface area (TPSA) is 78.8 Å². The minimum Gasteiger partial charge on any atom is -0.472 e. The fourth-order valence-electron chi connectivity index (χ4n) is 3.81. The Labute approximate surface area is 195 Å². The largest absolute Gasteiger partial charge is 0.472 e. The van der Waals surface area contributed by atoms with Gasteiger partial charge in [-0.3, -0.25) is 0 Å². The van der Waals surface area contributed by atoms with Crippen molar-refractivity contribution in [3.8, 4) is 11.8 Å². The Morgan fingerprint density at radius 2 is 1.76 bits per heavy atom. The van der Waals surface area contributed by atoms with Crippen molar-refractivity contribution < 1.29 is 19.7 Å². The zero-order valence-corrected chi connectivity index (χ0v) is 19.3. The third-order valence-corrected chi connectivity index (χ3v) is 5.52. The first-order valence-electron chi connectivity index (χ1n) is 11.1. The lowest BCUT2D eigenvalue weighted by Gasteiger charge is -2.28. The van der Waals surface area contributed by atoms with Gasteiger partial charge in [0.15, 0.2) is 0 Å². The molecule has 0 amide bonds. The van der Waals surface area contributed by atoms with Crippen LogP contribution in [-0.2, 0) is 16.0 Å². The van der Waals surface area contributed by atoms with E-state index in [1.807, 2.05) is 31.2 Å². The number of carbonyl (C=O) groups is 1. The van der Waals surface area contributed by atoms with Crippen LogP contribution < -0.4 is 5.32 Å². The van der Waals surface area contributed by atoms with Gasteiger partial charge in [0.2, 0.25) is 0 Å². The van der Waals surface area contributed by atoms with E-state index in [0.717, 1.165) is 12.0 Å². The van der Waals surface area contributed by atoms with Gasteiger partial charge in [0.1, 0.15) is 0 Å². The highest BCUT2D eigenvalue weighted by Gasteiger charge is 2.20. The van der Waals surface area contributed by atoms with E-state index in [4.69, 9.17) is 9.84 Å². The predicted molar refractivity (Wildman–Crippen MR) is 131 cm³/mol. The molecule has 5 heteroatoms. The Morgan fingerprint density at radius 1 is 1.06 bits per heavy atom. The van der Waals surface area contributed by atoms with Crippen molar-refractivity contribution in [1.82, 2.24) is 5.32 Å². The van der Waals surface area contributed by atoms with Crippen molar-refractivity contribution in [2.24, 2.45) is 0 Å². The van der Waals surface area contributed by atoms with Gasteiger partial charge in [-0.2, -0.15) is 0 Å². The summed E-state index contributed by atoms with van der Waals surface area (Å²) in [5.41, 5.74) is 2.44. The predicted octanol–water partition coefficient (Wildman–Crippen LogP) is 4.33. The summed E-state index contributed by atoms with van der Waals surface area (Å²) in [7, 11) is 0. The fraction of sp³-hybridized carbons (Fsp3) is 0.321. The van der Waals surface area contributed by atoms with Gasteiger partial charge in [0.05, 0.1) is 18.8 Å². The Bertz CT molecular complexity index is 1160. The standard InChI is InChI=1S/C28H31NO4/c1-20(26-11-7-6-9-23(26)14-15-27(31)32)33-19-25(30)18-29-28(2,3)17-21-12-13-22-8-4-5-10-24(22)16-21/h4-13,16,20,25,29-30H,17-19H2,1-3H3,(H,31,32)/t20-,25-/m1/s1. The molecule has 0 unspecified atom stereocenters. The summed E-state index contributed by atoms with van der Waals surface area (Å²) >= 11 is 0. The van der Waals surface area contributed by atoms with E-state index in [-0.39, 0.29) is 18.2 Å². The molecule has 0 radical (unpaired) electrons. The smallest absolute Gasteiger partial charge is 0.382 e. The summed E-state index contributed by atoms with van der Waals surface area (Å²) < 4.78 is 5.86. The fourth-order valence-corrected chi connectivity index (χ4v) is 3.81. The van der Waals surface area contributed by atoms with Crippen molar-refractivity contribution in [2.45, 2.75) is 44.9 Å². The number of nitrogens with one attached hydrogen (secondary N) is 1. The highest BCUT2D eigenvalue weighted by atomic mass is 16.5. The zero-order chi connectivity index (χ0) is 23.8. The first-order valence-corrected chi connectivity index (χ1v) is 11.1. The molecule has 2 atom stereocenters. The quantitative estimate of drug-likeness (QED) is 0.428. The molecule has 0 aliphatic carbocycles. The molecule has 0 aliphatic heterocycles. The number of ether oxygens (including phenoxy) is 1. The number of benzene rings is 3. The number of hydrogen-bond acceptors (Lipinski definition) is 4. The molecule has 5 nitrogen and oxygen atoms in total. The molecule has 3 rings (SSSR count). The summed E-state index contributed by atoms with van der Waals surface area (Å²) in [6.07, 6.45) is -0.178. The average molecular weight is 446 g/mol. The number of carboxylic acids is 1. The molecule has 3 N–H and O–H groups in total. The molecule has 172 valence electrons. The zero-order valence-electron chi connectivity index (χ0n) is 19.3. The molecule has 33 heavy (non-hydrogen) atoms. The Kier molecular flexibility index (Phi) is 8.24. The first-order chi connectivity index (χ1) is 15.7. The van der Waals surface area contributed by atoms with Gasteiger partial charge in [0, 0.05) is 23.6 Å². The summed E-state index contributed by atoms with van der Waals surface area (Å²) in [6.45, 7) is 6.66. The summed E-state index contributed by atoms with van der Waals surface area (Å²) in [5, 5.41) is 25.2. The van der Waals surface area contributed by atoms with E-state index in [0.29, 0.717) is 12.1 Å².